The highest BCUT2D eigenvalue weighted by atomic mass is 19.4. The molecule has 3 heteroatoms. The van der Waals surface area contributed by atoms with Crippen LogP contribution in [0.5, 0.6) is 0 Å². The predicted octanol–water partition coefficient (Wildman–Crippen LogP) is 4.73. The molecule has 0 heterocycles. The molecule has 0 aliphatic heterocycles. The summed E-state index contributed by atoms with van der Waals surface area (Å²) in [6.07, 6.45) is 5.70. The molecule has 18 heavy (non-hydrogen) atoms. The lowest BCUT2D eigenvalue weighted by molar-refractivity contribution is -0.138. The fraction of sp³-hybridized carbons (Fsp3) is 0.467. The number of halogens is 3. The van der Waals surface area contributed by atoms with Crippen LogP contribution in [0.3, 0.4) is 0 Å². The van der Waals surface area contributed by atoms with E-state index in [4.69, 9.17) is 6.42 Å². The van der Waals surface area contributed by atoms with E-state index >= 15 is 0 Å². The fourth-order valence-electron chi connectivity index (χ4n) is 2.66. The normalized spacial score (nSPS) is 17.4. The Labute approximate surface area is 105 Å². The SMILES string of the molecule is C#Cc1ccc(C2CCCCC2)c(C(F)(F)F)c1. The zero-order valence-electron chi connectivity index (χ0n) is 10.1. The summed E-state index contributed by atoms with van der Waals surface area (Å²) >= 11 is 0. The van der Waals surface area contributed by atoms with Gasteiger partial charge in [-0.2, -0.15) is 13.2 Å². The van der Waals surface area contributed by atoms with Crippen molar-refractivity contribution in [2.45, 2.75) is 44.2 Å². The molecule has 0 aromatic heterocycles. The van der Waals surface area contributed by atoms with Crippen molar-refractivity contribution in [3.63, 3.8) is 0 Å². The molecule has 0 saturated heterocycles. The van der Waals surface area contributed by atoms with Gasteiger partial charge < -0.3 is 0 Å². The van der Waals surface area contributed by atoms with Crippen molar-refractivity contribution < 1.29 is 13.2 Å². The third kappa shape index (κ3) is 2.69. The Balaban J connectivity index is 2.42. The van der Waals surface area contributed by atoms with Crippen LogP contribution in [0.4, 0.5) is 13.2 Å². The summed E-state index contributed by atoms with van der Waals surface area (Å²) < 4.78 is 39.2. The van der Waals surface area contributed by atoms with Crippen LogP contribution in [0.15, 0.2) is 18.2 Å². The largest absolute Gasteiger partial charge is 0.416 e. The second-order valence-electron chi connectivity index (χ2n) is 4.78. The maximum Gasteiger partial charge on any atom is 0.416 e. The number of hydrogen-bond acceptors (Lipinski definition) is 0. The van der Waals surface area contributed by atoms with Crippen LogP contribution in [0.2, 0.25) is 0 Å². The van der Waals surface area contributed by atoms with Crippen LogP contribution < -0.4 is 0 Å². The molecule has 1 aromatic rings. The standard InChI is InChI=1S/C15H15F3/c1-2-11-8-9-13(12-6-4-3-5-7-12)14(10-11)15(16,17)18/h1,8-10,12H,3-7H2. The molecule has 1 saturated carbocycles. The third-order valence-electron chi connectivity index (χ3n) is 3.57. The van der Waals surface area contributed by atoms with E-state index in [0.717, 1.165) is 38.2 Å². The van der Waals surface area contributed by atoms with Crippen molar-refractivity contribution in [3.05, 3.63) is 34.9 Å². The Bertz CT molecular complexity index is 460. The van der Waals surface area contributed by atoms with E-state index in [9.17, 15) is 13.2 Å². The van der Waals surface area contributed by atoms with Crippen LogP contribution in [0.1, 0.15) is 54.7 Å². The van der Waals surface area contributed by atoms with Gasteiger partial charge in [0.25, 0.3) is 0 Å². The molecule has 0 atom stereocenters. The predicted molar refractivity (Wildman–Crippen MR) is 65.2 cm³/mol. The molecular formula is C15H15F3. The molecular weight excluding hydrogens is 237 g/mol. The Morgan fingerprint density at radius 2 is 1.78 bits per heavy atom. The Kier molecular flexibility index (Phi) is 3.65. The first-order chi connectivity index (χ1) is 8.52. The first-order valence-electron chi connectivity index (χ1n) is 6.20. The minimum absolute atomic E-state index is 0.0298. The molecule has 0 unspecified atom stereocenters. The van der Waals surface area contributed by atoms with Gasteiger partial charge >= 0.3 is 6.18 Å². The van der Waals surface area contributed by atoms with E-state index < -0.39 is 11.7 Å². The van der Waals surface area contributed by atoms with Crippen LogP contribution in [-0.2, 0) is 6.18 Å². The first kappa shape index (κ1) is 13.0. The van der Waals surface area contributed by atoms with E-state index in [1.165, 1.54) is 0 Å². The summed E-state index contributed by atoms with van der Waals surface area (Å²) in [5, 5.41) is 0. The fourth-order valence-corrected chi connectivity index (χ4v) is 2.66. The summed E-state index contributed by atoms with van der Waals surface area (Å²) in [7, 11) is 0. The van der Waals surface area contributed by atoms with Gasteiger partial charge in [0.15, 0.2) is 0 Å². The second-order valence-corrected chi connectivity index (χ2v) is 4.78. The van der Waals surface area contributed by atoms with Gasteiger partial charge in [0.1, 0.15) is 0 Å². The highest BCUT2D eigenvalue weighted by Crippen LogP contribution is 2.40. The summed E-state index contributed by atoms with van der Waals surface area (Å²) in [6, 6.07) is 4.27. The van der Waals surface area contributed by atoms with Crippen molar-refractivity contribution in [2.75, 3.05) is 0 Å². The Morgan fingerprint density at radius 3 is 2.33 bits per heavy atom. The van der Waals surface area contributed by atoms with E-state index in [2.05, 4.69) is 5.92 Å². The molecule has 0 spiro atoms. The molecule has 0 N–H and O–H groups in total. The maximum absolute atomic E-state index is 13.1. The summed E-state index contributed by atoms with van der Waals surface area (Å²) in [4.78, 5) is 0. The summed E-state index contributed by atoms with van der Waals surface area (Å²) in [6.45, 7) is 0. The van der Waals surface area contributed by atoms with E-state index in [0.29, 0.717) is 11.1 Å². The number of hydrogen-bond donors (Lipinski definition) is 0. The van der Waals surface area contributed by atoms with E-state index in [1.807, 2.05) is 0 Å². The van der Waals surface area contributed by atoms with Crippen molar-refractivity contribution in [1.29, 1.82) is 0 Å². The lowest BCUT2D eigenvalue weighted by Crippen LogP contribution is -2.14. The number of alkyl halides is 3. The molecule has 0 nitrogen and oxygen atoms in total. The average molecular weight is 252 g/mol. The lowest BCUT2D eigenvalue weighted by atomic mass is 9.81. The van der Waals surface area contributed by atoms with Gasteiger partial charge in [-0.15, -0.1) is 6.42 Å². The van der Waals surface area contributed by atoms with E-state index in [1.54, 1.807) is 12.1 Å². The van der Waals surface area contributed by atoms with Crippen molar-refractivity contribution in [3.8, 4) is 12.3 Å². The highest BCUT2D eigenvalue weighted by molar-refractivity contribution is 5.42. The molecule has 1 aliphatic carbocycles. The lowest BCUT2D eigenvalue weighted by Gasteiger charge is -2.25. The van der Waals surface area contributed by atoms with Crippen LogP contribution in [0, 0.1) is 12.3 Å². The van der Waals surface area contributed by atoms with Gasteiger partial charge in [-0.05, 0) is 36.5 Å². The number of benzene rings is 1. The molecule has 96 valence electrons. The monoisotopic (exact) mass is 252 g/mol. The topological polar surface area (TPSA) is 0 Å². The molecule has 2 rings (SSSR count). The Morgan fingerprint density at radius 1 is 1.11 bits per heavy atom. The molecule has 1 fully saturated rings. The van der Waals surface area contributed by atoms with Crippen LogP contribution in [0.25, 0.3) is 0 Å². The van der Waals surface area contributed by atoms with Gasteiger partial charge in [-0.1, -0.05) is 31.2 Å². The number of rotatable bonds is 1. The van der Waals surface area contributed by atoms with Gasteiger partial charge in [0.2, 0.25) is 0 Å². The van der Waals surface area contributed by atoms with Crippen molar-refractivity contribution in [2.24, 2.45) is 0 Å². The number of terminal acetylenes is 1. The molecule has 1 aliphatic rings. The average Bonchev–Trinajstić information content (AvgIpc) is 2.38. The van der Waals surface area contributed by atoms with Gasteiger partial charge in [-0.25, -0.2) is 0 Å². The molecule has 0 bridgehead atoms. The zero-order chi connectivity index (χ0) is 13.2. The quantitative estimate of drug-likeness (QED) is 0.633. The third-order valence-corrected chi connectivity index (χ3v) is 3.57. The Hall–Kier alpha value is -1.43. The van der Waals surface area contributed by atoms with Crippen LogP contribution >= 0.6 is 0 Å². The van der Waals surface area contributed by atoms with Crippen molar-refractivity contribution >= 4 is 0 Å². The minimum atomic E-state index is -4.32. The van der Waals surface area contributed by atoms with Gasteiger partial charge in [-0.3, -0.25) is 0 Å². The minimum Gasteiger partial charge on any atom is -0.166 e. The summed E-state index contributed by atoms with van der Waals surface area (Å²) in [5.74, 6) is 2.30. The van der Waals surface area contributed by atoms with Gasteiger partial charge in [0.05, 0.1) is 5.56 Å². The van der Waals surface area contributed by atoms with Crippen LogP contribution in [-0.4, -0.2) is 0 Å². The van der Waals surface area contributed by atoms with Gasteiger partial charge in [0, 0.05) is 5.56 Å². The summed E-state index contributed by atoms with van der Waals surface area (Å²) in [5.41, 5.74) is 0.160. The molecule has 0 amide bonds. The first-order valence-corrected chi connectivity index (χ1v) is 6.20. The highest BCUT2D eigenvalue weighted by Gasteiger charge is 2.35. The maximum atomic E-state index is 13.1. The molecule has 0 radical (unpaired) electrons. The smallest absolute Gasteiger partial charge is 0.166 e. The van der Waals surface area contributed by atoms with Crippen molar-refractivity contribution in [1.82, 2.24) is 0 Å². The van der Waals surface area contributed by atoms with E-state index in [-0.39, 0.29) is 5.92 Å². The zero-order valence-corrected chi connectivity index (χ0v) is 10.1. The molecule has 1 aromatic carbocycles. The second kappa shape index (κ2) is 5.06.